The first-order valence-electron chi connectivity index (χ1n) is 9.43. The largest absolute Gasteiger partial charge is 0.132 e. The van der Waals surface area contributed by atoms with Crippen LogP contribution in [0.1, 0.15) is 33.4 Å². The van der Waals surface area contributed by atoms with Gasteiger partial charge in [-0.25, -0.2) is 0 Å². The maximum absolute atomic E-state index is 3.60. The Balaban J connectivity index is 2.66. The zero-order valence-corrected chi connectivity index (χ0v) is 19.9. The molecule has 0 saturated carbocycles. The lowest BCUT2D eigenvalue weighted by atomic mass is 10.1. The summed E-state index contributed by atoms with van der Waals surface area (Å²) in [4.78, 5) is 0. The molecule has 0 bridgehead atoms. The Hall–Kier alpha value is -1.35. The van der Waals surface area contributed by atoms with Gasteiger partial charge in [-0.15, -0.1) is 11.5 Å². The van der Waals surface area contributed by atoms with E-state index in [1.54, 1.807) is 0 Å². The summed E-state index contributed by atoms with van der Waals surface area (Å²) in [5, 5.41) is 3.07. The van der Waals surface area contributed by atoms with Crippen molar-refractivity contribution in [1.82, 2.24) is 0 Å². The minimum Gasteiger partial charge on any atom is -0.132 e. The molecule has 2 heteroatoms. The number of rotatable bonds is 3. The van der Waals surface area contributed by atoms with Gasteiger partial charge in [0.25, 0.3) is 0 Å². The molecule has 0 aromatic heterocycles. The number of hydrogen-bond acceptors (Lipinski definition) is 0. The average molecular weight is 381 g/mol. The van der Waals surface area contributed by atoms with E-state index in [9.17, 15) is 0 Å². The molecule has 2 rings (SSSR count). The third-order valence-electron chi connectivity index (χ3n) is 4.51. The molecule has 0 aliphatic heterocycles. The van der Waals surface area contributed by atoms with E-state index < -0.39 is 16.0 Å². The van der Waals surface area contributed by atoms with Crippen molar-refractivity contribution < 1.29 is 0 Å². The summed E-state index contributed by atoms with van der Waals surface area (Å²) in [5.74, 6) is 3.60. The predicted octanol–water partition coefficient (Wildman–Crippen LogP) is 5.85. The SMILES string of the molecule is Cc1cc(C)c(P(CC#C[Si](C)(C)C)c2c(C)cc(C)cc2C)c(C)c1. The molecule has 2 aromatic rings. The Labute approximate surface area is 163 Å². The second-order valence-corrected chi connectivity index (χ2v) is 15.4. The van der Waals surface area contributed by atoms with E-state index in [0.29, 0.717) is 0 Å². The van der Waals surface area contributed by atoms with Crippen LogP contribution in [-0.4, -0.2) is 14.2 Å². The molecule has 0 nitrogen and oxygen atoms in total. The summed E-state index contributed by atoms with van der Waals surface area (Å²) in [6.07, 6.45) is 0.967. The van der Waals surface area contributed by atoms with Gasteiger partial charge in [0.15, 0.2) is 0 Å². The molecule has 0 aliphatic carbocycles. The Morgan fingerprint density at radius 1 is 0.692 bits per heavy atom. The molecular weight excluding hydrogens is 347 g/mol. The standard InChI is InChI=1S/C24H33PSi/c1-17-13-19(3)23(20(4)14-17)25(11-10-12-26(7,8)9)24-21(5)15-18(2)16-22(24)6/h13-16H,11H2,1-9H3. The fourth-order valence-corrected chi connectivity index (χ4v) is 7.36. The van der Waals surface area contributed by atoms with Crippen LogP contribution in [0.3, 0.4) is 0 Å². The molecule has 0 atom stereocenters. The quantitative estimate of drug-likeness (QED) is 0.356. The van der Waals surface area contributed by atoms with Gasteiger partial charge in [0.05, 0.1) is 0 Å². The monoisotopic (exact) mass is 380 g/mol. The zero-order chi connectivity index (χ0) is 19.6. The summed E-state index contributed by atoms with van der Waals surface area (Å²) in [5.41, 5.74) is 12.0. The van der Waals surface area contributed by atoms with E-state index in [1.165, 1.54) is 44.0 Å². The second-order valence-electron chi connectivity index (χ2n) is 8.63. The first-order valence-corrected chi connectivity index (χ1v) is 14.5. The van der Waals surface area contributed by atoms with Gasteiger partial charge >= 0.3 is 0 Å². The predicted molar refractivity (Wildman–Crippen MR) is 123 cm³/mol. The third-order valence-corrected chi connectivity index (χ3v) is 8.40. The van der Waals surface area contributed by atoms with Crippen LogP contribution >= 0.6 is 7.92 Å². The molecule has 26 heavy (non-hydrogen) atoms. The lowest BCUT2D eigenvalue weighted by molar-refractivity contribution is 1.34. The molecule has 0 radical (unpaired) electrons. The van der Waals surface area contributed by atoms with Crippen molar-refractivity contribution in [1.29, 1.82) is 0 Å². The van der Waals surface area contributed by atoms with E-state index in [1.807, 2.05) is 0 Å². The molecule has 0 unspecified atom stereocenters. The Kier molecular flexibility index (Phi) is 6.54. The van der Waals surface area contributed by atoms with Crippen molar-refractivity contribution in [2.45, 2.75) is 61.2 Å². The van der Waals surface area contributed by atoms with Gasteiger partial charge in [-0.3, -0.25) is 0 Å². The van der Waals surface area contributed by atoms with Crippen LogP contribution in [-0.2, 0) is 0 Å². The summed E-state index contributed by atoms with van der Waals surface area (Å²) >= 11 is 0. The maximum Gasteiger partial charge on any atom is 0.129 e. The summed E-state index contributed by atoms with van der Waals surface area (Å²) in [6.45, 7) is 20.5. The normalized spacial score (nSPS) is 11.5. The van der Waals surface area contributed by atoms with Gasteiger partial charge < -0.3 is 0 Å². The highest BCUT2D eigenvalue weighted by Crippen LogP contribution is 2.38. The topological polar surface area (TPSA) is 0 Å². The highest BCUT2D eigenvalue weighted by Gasteiger charge is 2.21. The minimum absolute atomic E-state index is 0.463. The Bertz CT molecular complexity index is 772. The number of benzene rings is 2. The highest BCUT2D eigenvalue weighted by molar-refractivity contribution is 7.73. The van der Waals surface area contributed by atoms with Gasteiger partial charge in [0.1, 0.15) is 8.07 Å². The van der Waals surface area contributed by atoms with E-state index in [2.05, 4.69) is 96.9 Å². The summed E-state index contributed by atoms with van der Waals surface area (Å²) < 4.78 is 0. The highest BCUT2D eigenvalue weighted by atomic mass is 31.1. The van der Waals surface area contributed by atoms with Crippen molar-refractivity contribution in [3.05, 3.63) is 57.6 Å². The first kappa shape index (κ1) is 21.0. The fourth-order valence-electron chi connectivity index (χ4n) is 3.85. The van der Waals surface area contributed by atoms with E-state index >= 15 is 0 Å². The Morgan fingerprint density at radius 2 is 1.04 bits per heavy atom. The van der Waals surface area contributed by atoms with E-state index in [4.69, 9.17) is 0 Å². The smallest absolute Gasteiger partial charge is 0.129 e. The summed E-state index contributed by atoms with van der Waals surface area (Å²) in [6, 6.07) is 9.34. The van der Waals surface area contributed by atoms with Crippen molar-refractivity contribution in [2.24, 2.45) is 0 Å². The van der Waals surface area contributed by atoms with Crippen molar-refractivity contribution >= 4 is 26.6 Å². The fraction of sp³-hybridized carbons (Fsp3) is 0.417. The molecular formula is C24H33PSi. The van der Waals surface area contributed by atoms with E-state index in [0.717, 1.165) is 6.16 Å². The third kappa shape index (κ3) is 5.09. The van der Waals surface area contributed by atoms with Crippen LogP contribution in [0.2, 0.25) is 19.6 Å². The molecule has 0 amide bonds. The van der Waals surface area contributed by atoms with E-state index in [-0.39, 0.29) is 0 Å². The van der Waals surface area contributed by atoms with Gasteiger partial charge in [-0.05, 0) is 82.3 Å². The van der Waals surface area contributed by atoms with Crippen LogP contribution in [0.5, 0.6) is 0 Å². The molecule has 0 aliphatic rings. The molecule has 0 heterocycles. The molecule has 0 spiro atoms. The van der Waals surface area contributed by atoms with Gasteiger partial charge in [0.2, 0.25) is 0 Å². The molecule has 0 saturated heterocycles. The lowest BCUT2D eigenvalue weighted by Gasteiger charge is -2.25. The number of hydrogen-bond donors (Lipinski definition) is 0. The zero-order valence-electron chi connectivity index (χ0n) is 18.0. The minimum atomic E-state index is -1.35. The molecule has 0 fully saturated rings. The first-order chi connectivity index (χ1) is 12.0. The van der Waals surface area contributed by atoms with Crippen LogP contribution in [0.4, 0.5) is 0 Å². The van der Waals surface area contributed by atoms with Crippen LogP contribution in [0.25, 0.3) is 0 Å². The average Bonchev–Trinajstić information content (AvgIpc) is 2.43. The van der Waals surface area contributed by atoms with Gasteiger partial charge in [0, 0.05) is 6.16 Å². The molecule has 2 aromatic carbocycles. The van der Waals surface area contributed by atoms with Crippen molar-refractivity contribution in [2.75, 3.05) is 6.16 Å². The van der Waals surface area contributed by atoms with Crippen LogP contribution in [0.15, 0.2) is 24.3 Å². The van der Waals surface area contributed by atoms with Crippen molar-refractivity contribution in [3.8, 4) is 11.5 Å². The molecule has 138 valence electrons. The van der Waals surface area contributed by atoms with Gasteiger partial charge in [-0.2, -0.15) is 0 Å². The summed E-state index contributed by atoms with van der Waals surface area (Å²) in [7, 11) is -1.81. The lowest BCUT2D eigenvalue weighted by Crippen LogP contribution is -2.23. The van der Waals surface area contributed by atoms with Crippen LogP contribution in [0, 0.1) is 53.0 Å². The van der Waals surface area contributed by atoms with Gasteiger partial charge in [-0.1, -0.05) is 55.0 Å². The second kappa shape index (κ2) is 8.12. The maximum atomic E-state index is 3.60. The Morgan fingerprint density at radius 3 is 1.35 bits per heavy atom. The number of aryl methyl sites for hydroxylation is 6. The molecule has 0 N–H and O–H groups in total. The van der Waals surface area contributed by atoms with Crippen LogP contribution < -0.4 is 10.6 Å². The van der Waals surface area contributed by atoms with Crippen molar-refractivity contribution in [3.63, 3.8) is 0 Å².